The highest BCUT2D eigenvalue weighted by molar-refractivity contribution is 5.59. The topological polar surface area (TPSA) is 69.8 Å². The minimum Gasteiger partial charge on any atom is -0.318 e. The smallest absolute Gasteiger partial charge is 0.271 e. The van der Waals surface area contributed by atoms with E-state index in [1.54, 1.807) is 0 Å². The van der Waals surface area contributed by atoms with E-state index in [2.05, 4.69) is 21.0 Å². The maximum Gasteiger partial charge on any atom is 0.271 e. The number of aryl methyl sites for hydroxylation is 1. The second-order valence-corrected chi connectivity index (χ2v) is 3.82. The first-order valence-corrected chi connectivity index (χ1v) is 4.71. The van der Waals surface area contributed by atoms with E-state index in [0.717, 1.165) is 23.4 Å². The van der Waals surface area contributed by atoms with Gasteiger partial charge in [0.15, 0.2) is 0 Å². The fourth-order valence-corrected chi connectivity index (χ4v) is 1.75. The number of hydrogen-bond donors (Lipinski definition) is 3. The molecule has 0 fully saturated rings. The lowest BCUT2D eigenvalue weighted by Gasteiger charge is -2.21. The van der Waals surface area contributed by atoms with Crippen molar-refractivity contribution in [1.82, 2.24) is 15.6 Å². The van der Waals surface area contributed by atoms with E-state index in [0.29, 0.717) is 0 Å². The number of hydrogen-bond acceptors (Lipinski definition) is 4. The molecule has 0 amide bonds. The molecule has 1 aliphatic heterocycles. The van der Waals surface area contributed by atoms with Crippen LogP contribution in [0.5, 0.6) is 0 Å². The van der Waals surface area contributed by atoms with Gasteiger partial charge in [0.25, 0.3) is 5.56 Å². The van der Waals surface area contributed by atoms with Gasteiger partial charge in [0.05, 0.1) is 22.5 Å². The molecule has 3 N–H and O–H groups in total. The molecule has 0 aromatic carbocycles. The number of aromatic amines is 1. The summed E-state index contributed by atoms with van der Waals surface area (Å²) in [6.45, 7) is 5.91. The number of anilines is 1. The van der Waals surface area contributed by atoms with Gasteiger partial charge in [-0.15, -0.1) is 0 Å². The summed E-state index contributed by atoms with van der Waals surface area (Å²) in [6, 6.07) is 0. The molecule has 0 saturated heterocycles. The Hall–Kier alpha value is -1.36. The van der Waals surface area contributed by atoms with E-state index in [1.807, 2.05) is 20.8 Å². The monoisotopic (exact) mass is 194 g/mol. The summed E-state index contributed by atoms with van der Waals surface area (Å²) in [5.74, 6) is 0. The van der Waals surface area contributed by atoms with Gasteiger partial charge in [-0.3, -0.25) is 4.79 Å². The minimum atomic E-state index is -0.295. The zero-order valence-electron chi connectivity index (χ0n) is 8.56. The lowest BCUT2D eigenvalue weighted by atomic mass is 9.91. The van der Waals surface area contributed by atoms with Gasteiger partial charge < -0.3 is 5.43 Å². The fourth-order valence-electron chi connectivity index (χ4n) is 1.75. The molecular formula is C9H14N4O. The van der Waals surface area contributed by atoms with Gasteiger partial charge in [-0.1, -0.05) is 6.92 Å². The number of aromatic nitrogens is 2. The summed E-state index contributed by atoms with van der Waals surface area (Å²) < 4.78 is 0. The van der Waals surface area contributed by atoms with Gasteiger partial charge in [-0.05, 0) is 20.3 Å². The highest BCUT2D eigenvalue weighted by atomic mass is 16.1. The average molecular weight is 194 g/mol. The van der Waals surface area contributed by atoms with Crippen LogP contribution in [0.25, 0.3) is 0 Å². The van der Waals surface area contributed by atoms with E-state index >= 15 is 0 Å². The predicted molar refractivity (Wildman–Crippen MR) is 54.0 cm³/mol. The van der Waals surface area contributed by atoms with Crippen LogP contribution in [-0.2, 0) is 5.54 Å². The Morgan fingerprint density at radius 1 is 1.50 bits per heavy atom. The molecule has 1 atom stereocenters. The summed E-state index contributed by atoms with van der Waals surface area (Å²) in [4.78, 5) is 11.6. The average Bonchev–Trinajstić information content (AvgIpc) is 2.53. The van der Waals surface area contributed by atoms with Crippen molar-refractivity contribution in [1.29, 1.82) is 0 Å². The quantitative estimate of drug-likeness (QED) is 0.613. The van der Waals surface area contributed by atoms with E-state index in [9.17, 15) is 4.79 Å². The van der Waals surface area contributed by atoms with E-state index in [4.69, 9.17) is 0 Å². The zero-order valence-corrected chi connectivity index (χ0v) is 8.56. The lowest BCUT2D eigenvalue weighted by molar-refractivity contribution is 0.404. The molecule has 0 radical (unpaired) electrons. The third kappa shape index (κ3) is 1.05. The first-order chi connectivity index (χ1) is 6.58. The standard InChI is InChI=1S/C9H14N4O/c1-4-9(3)6-7(11-13-9)5(2)10-12-8(6)14/h11,13H,4H2,1-3H3,(H,12,14). The highest BCUT2D eigenvalue weighted by Crippen LogP contribution is 2.33. The Kier molecular flexibility index (Phi) is 1.85. The third-order valence-corrected chi connectivity index (χ3v) is 2.89. The lowest BCUT2D eigenvalue weighted by Crippen LogP contribution is -2.38. The summed E-state index contributed by atoms with van der Waals surface area (Å²) in [6.07, 6.45) is 0.847. The Bertz CT molecular complexity index is 425. The van der Waals surface area contributed by atoms with E-state index < -0.39 is 0 Å². The van der Waals surface area contributed by atoms with Crippen LogP contribution < -0.4 is 16.4 Å². The van der Waals surface area contributed by atoms with Crippen LogP contribution in [-0.4, -0.2) is 10.2 Å². The molecule has 14 heavy (non-hydrogen) atoms. The Morgan fingerprint density at radius 2 is 2.21 bits per heavy atom. The molecule has 1 aromatic rings. The molecule has 1 aliphatic rings. The van der Waals surface area contributed by atoms with Crippen molar-refractivity contribution in [3.05, 3.63) is 21.6 Å². The molecule has 0 spiro atoms. The molecule has 1 unspecified atom stereocenters. The molecule has 2 rings (SSSR count). The molecule has 0 saturated carbocycles. The third-order valence-electron chi connectivity index (χ3n) is 2.89. The van der Waals surface area contributed by atoms with Gasteiger partial charge in [0.2, 0.25) is 0 Å². The van der Waals surface area contributed by atoms with E-state index in [-0.39, 0.29) is 11.1 Å². The number of hydrazine groups is 1. The van der Waals surface area contributed by atoms with Crippen LogP contribution in [0, 0.1) is 6.92 Å². The maximum absolute atomic E-state index is 11.6. The van der Waals surface area contributed by atoms with Crippen LogP contribution in [0.3, 0.4) is 0 Å². The van der Waals surface area contributed by atoms with Crippen LogP contribution in [0.2, 0.25) is 0 Å². The van der Waals surface area contributed by atoms with Crippen LogP contribution in [0.4, 0.5) is 5.69 Å². The SMILES string of the molecule is CCC1(C)NNc2c(C)n[nH]c(=O)c21. The van der Waals surface area contributed by atoms with Gasteiger partial charge in [0, 0.05) is 0 Å². The van der Waals surface area contributed by atoms with Crippen molar-refractivity contribution in [2.45, 2.75) is 32.7 Å². The summed E-state index contributed by atoms with van der Waals surface area (Å²) in [5, 5.41) is 6.41. The number of nitrogens with one attached hydrogen (secondary N) is 3. The molecule has 0 bridgehead atoms. The van der Waals surface area contributed by atoms with Crippen molar-refractivity contribution < 1.29 is 0 Å². The summed E-state index contributed by atoms with van der Waals surface area (Å²) in [7, 11) is 0. The van der Waals surface area contributed by atoms with Gasteiger partial charge in [-0.2, -0.15) is 5.10 Å². The maximum atomic E-state index is 11.6. The summed E-state index contributed by atoms with van der Waals surface area (Å²) >= 11 is 0. The minimum absolute atomic E-state index is 0.118. The number of H-pyrrole nitrogens is 1. The Morgan fingerprint density at radius 3 is 2.86 bits per heavy atom. The van der Waals surface area contributed by atoms with Gasteiger partial charge >= 0.3 is 0 Å². The molecular weight excluding hydrogens is 180 g/mol. The normalized spacial score (nSPS) is 24.5. The van der Waals surface area contributed by atoms with Crippen LogP contribution in [0.15, 0.2) is 4.79 Å². The first-order valence-electron chi connectivity index (χ1n) is 4.71. The largest absolute Gasteiger partial charge is 0.318 e. The van der Waals surface area contributed by atoms with Gasteiger partial charge in [0.1, 0.15) is 0 Å². The predicted octanol–water partition coefficient (Wildman–Crippen LogP) is 0.634. The molecule has 2 heterocycles. The van der Waals surface area contributed by atoms with Crippen molar-refractivity contribution in [3.63, 3.8) is 0 Å². The van der Waals surface area contributed by atoms with Crippen LogP contribution >= 0.6 is 0 Å². The second kappa shape index (κ2) is 2.81. The molecule has 0 aliphatic carbocycles. The molecule has 1 aromatic heterocycles. The Labute approximate surface area is 81.9 Å². The number of fused-ring (bicyclic) bond motifs is 1. The van der Waals surface area contributed by atoms with E-state index in [1.165, 1.54) is 0 Å². The highest BCUT2D eigenvalue weighted by Gasteiger charge is 2.36. The van der Waals surface area contributed by atoms with Gasteiger partial charge in [-0.25, -0.2) is 10.5 Å². The summed E-state index contributed by atoms with van der Waals surface area (Å²) in [5.41, 5.74) is 8.11. The second-order valence-electron chi connectivity index (χ2n) is 3.82. The zero-order chi connectivity index (χ0) is 10.3. The van der Waals surface area contributed by atoms with Crippen molar-refractivity contribution in [2.75, 3.05) is 5.43 Å². The molecule has 76 valence electrons. The first kappa shape index (κ1) is 9.21. The fraction of sp³-hybridized carbons (Fsp3) is 0.556. The van der Waals surface area contributed by atoms with Crippen LogP contribution in [0.1, 0.15) is 31.5 Å². The number of nitrogens with zero attached hydrogens (tertiary/aromatic N) is 1. The Balaban J connectivity index is 2.71. The molecule has 5 nitrogen and oxygen atoms in total. The molecule has 5 heteroatoms. The van der Waals surface area contributed by atoms with Crippen molar-refractivity contribution in [3.8, 4) is 0 Å². The van der Waals surface area contributed by atoms with Crippen molar-refractivity contribution >= 4 is 5.69 Å². The van der Waals surface area contributed by atoms with Crippen molar-refractivity contribution in [2.24, 2.45) is 0 Å². The number of rotatable bonds is 1.